The average Bonchev–Trinajstić information content (AvgIpc) is 2.26. The number of nitrogens with one attached hydrogen (secondary N) is 1. The van der Waals surface area contributed by atoms with Crippen LogP contribution in [0.1, 0.15) is 13.8 Å². The first-order chi connectivity index (χ1) is 9.36. The van der Waals surface area contributed by atoms with Gasteiger partial charge in [0.1, 0.15) is 0 Å². The van der Waals surface area contributed by atoms with Crippen molar-refractivity contribution in [2.45, 2.75) is 13.8 Å². The number of aliphatic carboxylic acids is 1. The molecule has 0 spiro atoms. The molecule has 0 saturated heterocycles. The molecule has 0 heterocycles. The summed E-state index contributed by atoms with van der Waals surface area (Å²) in [6.07, 6.45) is 0. The minimum Gasteiger partial charge on any atom is -0.480 e. The zero-order valence-electron chi connectivity index (χ0n) is 11.6. The Morgan fingerprint density at radius 2 is 2.05 bits per heavy atom. The van der Waals surface area contributed by atoms with Gasteiger partial charge in [-0.05, 0) is 24.1 Å². The normalized spacial score (nSPS) is 10.8. The van der Waals surface area contributed by atoms with Crippen molar-refractivity contribution in [1.29, 1.82) is 0 Å². The summed E-state index contributed by atoms with van der Waals surface area (Å²) < 4.78 is 0. The third kappa shape index (κ3) is 6.54. The fourth-order valence-corrected chi connectivity index (χ4v) is 2.05. The quantitative estimate of drug-likeness (QED) is 0.810. The van der Waals surface area contributed by atoms with Crippen LogP contribution in [-0.4, -0.2) is 41.5 Å². The summed E-state index contributed by atoms with van der Waals surface area (Å²) in [6.45, 7) is 4.39. The van der Waals surface area contributed by atoms with E-state index in [1.807, 2.05) is 13.8 Å². The van der Waals surface area contributed by atoms with Crippen LogP contribution in [0.4, 0.5) is 5.69 Å². The molecule has 1 aromatic rings. The number of benzene rings is 1. The van der Waals surface area contributed by atoms with Gasteiger partial charge in [0.2, 0.25) is 5.91 Å². The molecule has 6 heteroatoms. The zero-order valence-corrected chi connectivity index (χ0v) is 12.4. The molecule has 0 unspecified atom stereocenters. The lowest BCUT2D eigenvalue weighted by atomic mass is 10.2. The van der Waals surface area contributed by atoms with Crippen molar-refractivity contribution in [1.82, 2.24) is 4.90 Å². The topological polar surface area (TPSA) is 69.6 Å². The summed E-state index contributed by atoms with van der Waals surface area (Å²) in [5.74, 6) is -0.913. The molecule has 1 aromatic carbocycles. The smallest absolute Gasteiger partial charge is 0.317 e. The van der Waals surface area contributed by atoms with E-state index in [1.165, 1.54) is 0 Å². The van der Waals surface area contributed by atoms with E-state index < -0.39 is 5.97 Å². The van der Waals surface area contributed by atoms with Crippen molar-refractivity contribution < 1.29 is 14.7 Å². The summed E-state index contributed by atoms with van der Waals surface area (Å²) in [7, 11) is 0. The van der Waals surface area contributed by atoms with E-state index in [0.717, 1.165) is 0 Å². The van der Waals surface area contributed by atoms with Crippen molar-refractivity contribution in [3.8, 4) is 0 Å². The summed E-state index contributed by atoms with van der Waals surface area (Å²) in [4.78, 5) is 24.3. The van der Waals surface area contributed by atoms with Gasteiger partial charge in [0, 0.05) is 17.3 Å². The summed E-state index contributed by atoms with van der Waals surface area (Å²) in [6, 6.07) is 6.82. The van der Waals surface area contributed by atoms with E-state index in [9.17, 15) is 9.59 Å². The molecule has 0 radical (unpaired) electrons. The zero-order chi connectivity index (χ0) is 15.1. The molecule has 2 N–H and O–H groups in total. The Bertz CT molecular complexity index is 477. The number of rotatable bonds is 7. The van der Waals surface area contributed by atoms with Gasteiger partial charge in [-0.2, -0.15) is 0 Å². The van der Waals surface area contributed by atoms with E-state index in [1.54, 1.807) is 29.2 Å². The van der Waals surface area contributed by atoms with Crippen LogP contribution in [0.25, 0.3) is 0 Å². The van der Waals surface area contributed by atoms with Crippen molar-refractivity contribution >= 4 is 29.2 Å². The molecular formula is C14H19ClN2O3. The lowest BCUT2D eigenvalue weighted by Crippen LogP contribution is -2.39. The first kappa shape index (κ1) is 16.5. The maximum absolute atomic E-state index is 11.9. The Hall–Kier alpha value is -1.59. The summed E-state index contributed by atoms with van der Waals surface area (Å²) >= 11 is 5.83. The molecule has 0 aliphatic heterocycles. The highest BCUT2D eigenvalue weighted by atomic mass is 35.5. The number of halogens is 1. The van der Waals surface area contributed by atoms with Crippen LogP contribution in [0, 0.1) is 5.92 Å². The van der Waals surface area contributed by atoms with E-state index in [-0.39, 0.29) is 24.9 Å². The fourth-order valence-electron chi connectivity index (χ4n) is 1.86. The van der Waals surface area contributed by atoms with Gasteiger partial charge in [-0.25, -0.2) is 0 Å². The number of carboxylic acids is 1. The number of carboxylic acid groups (broad SMARTS) is 1. The Morgan fingerprint density at radius 3 is 2.60 bits per heavy atom. The average molecular weight is 299 g/mol. The molecule has 0 fully saturated rings. The lowest BCUT2D eigenvalue weighted by molar-refractivity contribution is -0.138. The Balaban J connectivity index is 2.58. The fraction of sp³-hybridized carbons (Fsp3) is 0.429. The van der Waals surface area contributed by atoms with Crippen LogP contribution in [-0.2, 0) is 9.59 Å². The first-order valence-corrected chi connectivity index (χ1v) is 6.74. The minimum absolute atomic E-state index is 0.0387. The molecular weight excluding hydrogens is 280 g/mol. The number of carbonyl (C=O) groups excluding carboxylic acids is 1. The van der Waals surface area contributed by atoms with Crippen molar-refractivity contribution in [2.24, 2.45) is 5.92 Å². The summed E-state index contributed by atoms with van der Waals surface area (Å²) in [5.41, 5.74) is 0.599. The second kappa shape index (κ2) is 7.87. The summed E-state index contributed by atoms with van der Waals surface area (Å²) in [5, 5.41) is 12.1. The second-order valence-electron chi connectivity index (χ2n) is 5.02. The number of carbonyl (C=O) groups is 2. The third-order valence-corrected chi connectivity index (χ3v) is 2.69. The molecule has 110 valence electrons. The minimum atomic E-state index is -0.943. The van der Waals surface area contributed by atoms with Gasteiger partial charge in [0.15, 0.2) is 0 Å². The standard InChI is InChI=1S/C14H19ClN2O3/c1-10(2)7-17(9-14(19)20)8-13(18)16-12-5-3-4-11(15)6-12/h3-6,10H,7-9H2,1-2H3,(H,16,18)(H,19,20). The van der Waals surface area contributed by atoms with E-state index in [4.69, 9.17) is 16.7 Å². The first-order valence-electron chi connectivity index (χ1n) is 6.36. The molecule has 20 heavy (non-hydrogen) atoms. The molecule has 0 aliphatic carbocycles. The van der Waals surface area contributed by atoms with Crippen LogP contribution < -0.4 is 5.32 Å². The Kier molecular flexibility index (Phi) is 6.48. The van der Waals surface area contributed by atoms with Crippen molar-refractivity contribution in [3.05, 3.63) is 29.3 Å². The van der Waals surface area contributed by atoms with E-state index >= 15 is 0 Å². The van der Waals surface area contributed by atoms with Gasteiger partial charge in [0.25, 0.3) is 0 Å². The molecule has 0 bridgehead atoms. The predicted octanol–water partition coefficient (Wildman–Crippen LogP) is 2.32. The van der Waals surface area contributed by atoms with Crippen molar-refractivity contribution in [3.63, 3.8) is 0 Å². The molecule has 0 aromatic heterocycles. The third-order valence-electron chi connectivity index (χ3n) is 2.46. The van der Waals surface area contributed by atoms with Gasteiger partial charge >= 0.3 is 5.97 Å². The molecule has 0 aliphatic rings. The maximum atomic E-state index is 11.9. The molecule has 0 saturated carbocycles. The Morgan fingerprint density at radius 1 is 1.35 bits per heavy atom. The SMILES string of the molecule is CC(C)CN(CC(=O)O)CC(=O)Nc1cccc(Cl)c1. The number of hydrogen-bond acceptors (Lipinski definition) is 3. The highest BCUT2D eigenvalue weighted by molar-refractivity contribution is 6.30. The monoisotopic (exact) mass is 298 g/mol. The molecule has 0 atom stereocenters. The Labute approximate surface area is 123 Å². The maximum Gasteiger partial charge on any atom is 0.317 e. The van der Waals surface area contributed by atoms with Crippen LogP contribution in [0.3, 0.4) is 0 Å². The number of anilines is 1. The van der Waals surface area contributed by atoms with Gasteiger partial charge < -0.3 is 10.4 Å². The largest absolute Gasteiger partial charge is 0.480 e. The number of hydrogen-bond donors (Lipinski definition) is 2. The van der Waals surface area contributed by atoms with Gasteiger partial charge in [0.05, 0.1) is 13.1 Å². The van der Waals surface area contributed by atoms with Crippen LogP contribution in [0.2, 0.25) is 5.02 Å². The van der Waals surface area contributed by atoms with E-state index in [2.05, 4.69) is 5.32 Å². The lowest BCUT2D eigenvalue weighted by Gasteiger charge is -2.21. The highest BCUT2D eigenvalue weighted by Gasteiger charge is 2.15. The second-order valence-corrected chi connectivity index (χ2v) is 5.45. The predicted molar refractivity (Wildman–Crippen MR) is 79.0 cm³/mol. The van der Waals surface area contributed by atoms with Crippen molar-refractivity contribution in [2.75, 3.05) is 25.0 Å². The molecule has 1 amide bonds. The number of nitrogens with zero attached hydrogens (tertiary/aromatic N) is 1. The van der Waals surface area contributed by atoms with Crippen LogP contribution in [0.5, 0.6) is 0 Å². The van der Waals surface area contributed by atoms with Gasteiger partial charge in [-0.3, -0.25) is 14.5 Å². The van der Waals surface area contributed by atoms with Gasteiger partial charge in [-0.15, -0.1) is 0 Å². The highest BCUT2D eigenvalue weighted by Crippen LogP contribution is 2.14. The van der Waals surface area contributed by atoms with E-state index in [0.29, 0.717) is 17.3 Å². The molecule has 1 rings (SSSR count). The number of amides is 1. The van der Waals surface area contributed by atoms with Gasteiger partial charge in [-0.1, -0.05) is 31.5 Å². The van der Waals surface area contributed by atoms with Crippen LogP contribution >= 0.6 is 11.6 Å². The molecule has 5 nitrogen and oxygen atoms in total. The van der Waals surface area contributed by atoms with Crippen LogP contribution in [0.15, 0.2) is 24.3 Å².